The van der Waals surface area contributed by atoms with E-state index in [4.69, 9.17) is 5.73 Å². The fourth-order valence-electron chi connectivity index (χ4n) is 2.12. The first-order valence-corrected chi connectivity index (χ1v) is 7.58. The number of rotatable bonds is 3. The molecule has 5 nitrogen and oxygen atoms in total. The predicted octanol–water partition coefficient (Wildman–Crippen LogP) is 1.93. The predicted molar refractivity (Wildman–Crippen MR) is 93.0 cm³/mol. The van der Waals surface area contributed by atoms with Crippen LogP contribution in [-0.4, -0.2) is 48.0 Å². The number of amides is 1. The molecule has 1 aromatic rings. The summed E-state index contributed by atoms with van der Waals surface area (Å²) in [4.78, 5) is 20.9. The smallest absolute Gasteiger partial charge is 0.227 e. The van der Waals surface area contributed by atoms with E-state index in [-0.39, 0.29) is 42.7 Å². The normalized spacial score (nSPS) is 17.5. The molecule has 1 fully saturated rings. The van der Waals surface area contributed by atoms with E-state index in [0.29, 0.717) is 0 Å². The van der Waals surface area contributed by atoms with E-state index in [1.54, 1.807) is 11.3 Å². The largest absolute Gasteiger partial charge is 0.345 e. The Kier molecular flexibility index (Phi) is 8.54. The van der Waals surface area contributed by atoms with Gasteiger partial charge in [0, 0.05) is 37.6 Å². The van der Waals surface area contributed by atoms with Gasteiger partial charge >= 0.3 is 0 Å². The molecule has 1 aliphatic heterocycles. The number of hydrogen-bond donors (Lipinski definition) is 1. The van der Waals surface area contributed by atoms with Crippen LogP contribution in [0.15, 0.2) is 5.38 Å². The summed E-state index contributed by atoms with van der Waals surface area (Å²) in [6.45, 7) is 9.02. The molecule has 2 atom stereocenters. The van der Waals surface area contributed by atoms with Crippen molar-refractivity contribution in [3.63, 3.8) is 0 Å². The number of thiazole rings is 1. The molecule has 2 rings (SSSR count). The standard InChI is InChI=1S/C13H22N4OS.2ClH/c1-9-8-19-13(15-9)17-6-4-16(5-7-17)12(18)10(2)11(3)14;;/h8,10-11H,4-7,14H2,1-3H3;2*1H. The SMILES string of the molecule is Cc1csc(N2CCN(C(=O)C(C)C(C)N)CC2)n1.Cl.Cl. The monoisotopic (exact) mass is 354 g/mol. The van der Waals surface area contributed by atoms with E-state index in [9.17, 15) is 4.79 Å². The number of anilines is 1. The summed E-state index contributed by atoms with van der Waals surface area (Å²) in [5, 5.41) is 3.12. The second-order valence-electron chi connectivity index (χ2n) is 5.23. The molecule has 2 N–H and O–H groups in total. The molecule has 0 spiro atoms. The Morgan fingerprint density at radius 1 is 1.29 bits per heavy atom. The highest BCUT2D eigenvalue weighted by Crippen LogP contribution is 2.21. The minimum absolute atomic E-state index is 0. The lowest BCUT2D eigenvalue weighted by atomic mass is 10.0. The van der Waals surface area contributed by atoms with Crippen LogP contribution >= 0.6 is 36.2 Å². The fraction of sp³-hybridized carbons (Fsp3) is 0.692. The Labute approximate surface area is 142 Å². The highest BCUT2D eigenvalue weighted by Gasteiger charge is 2.27. The summed E-state index contributed by atoms with van der Waals surface area (Å²) < 4.78 is 0. The molecule has 0 bridgehead atoms. The minimum atomic E-state index is -0.103. The summed E-state index contributed by atoms with van der Waals surface area (Å²) in [6.07, 6.45) is 0. The quantitative estimate of drug-likeness (QED) is 0.900. The number of carbonyl (C=O) groups excluding carboxylic acids is 1. The Hall–Kier alpha value is -0.560. The van der Waals surface area contributed by atoms with Crippen molar-refractivity contribution >= 4 is 47.2 Å². The summed E-state index contributed by atoms with van der Waals surface area (Å²) in [7, 11) is 0. The molecule has 0 saturated carbocycles. The van der Waals surface area contributed by atoms with Gasteiger partial charge in [0.2, 0.25) is 5.91 Å². The average Bonchev–Trinajstić information content (AvgIpc) is 2.84. The lowest BCUT2D eigenvalue weighted by molar-refractivity contribution is -0.135. The highest BCUT2D eigenvalue weighted by molar-refractivity contribution is 7.13. The first-order chi connectivity index (χ1) is 8.99. The fourth-order valence-corrected chi connectivity index (χ4v) is 2.97. The number of piperazine rings is 1. The number of nitrogens with two attached hydrogens (primary N) is 1. The third kappa shape index (κ3) is 4.98. The van der Waals surface area contributed by atoms with E-state index < -0.39 is 0 Å². The third-order valence-electron chi connectivity index (χ3n) is 3.65. The van der Waals surface area contributed by atoms with E-state index in [0.717, 1.165) is 37.0 Å². The first-order valence-electron chi connectivity index (χ1n) is 6.70. The average molecular weight is 355 g/mol. The lowest BCUT2D eigenvalue weighted by Crippen LogP contribution is -2.52. The Balaban J connectivity index is 0.00000200. The van der Waals surface area contributed by atoms with Crippen molar-refractivity contribution < 1.29 is 4.79 Å². The molecular weight excluding hydrogens is 331 g/mol. The maximum Gasteiger partial charge on any atom is 0.227 e. The molecule has 1 amide bonds. The van der Waals surface area contributed by atoms with Gasteiger partial charge in [0.1, 0.15) is 0 Å². The Morgan fingerprint density at radius 3 is 2.29 bits per heavy atom. The van der Waals surface area contributed by atoms with Gasteiger partial charge in [-0.2, -0.15) is 0 Å². The van der Waals surface area contributed by atoms with E-state index >= 15 is 0 Å². The van der Waals surface area contributed by atoms with E-state index in [1.807, 2.05) is 25.7 Å². The van der Waals surface area contributed by atoms with Crippen molar-refractivity contribution in [2.45, 2.75) is 26.8 Å². The third-order valence-corrected chi connectivity index (χ3v) is 4.67. The van der Waals surface area contributed by atoms with Crippen LogP contribution in [0.4, 0.5) is 5.13 Å². The molecule has 2 unspecified atom stereocenters. The number of aryl methyl sites for hydroxylation is 1. The van der Waals surface area contributed by atoms with Crippen LogP contribution in [0.25, 0.3) is 0 Å². The van der Waals surface area contributed by atoms with Crippen LogP contribution in [0, 0.1) is 12.8 Å². The first kappa shape index (κ1) is 20.4. The van der Waals surface area contributed by atoms with E-state index in [1.165, 1.54) is 0 Å². The maximum absolute atomic E-state index is 12.2. The van der Waals surface area contributed by atoms with Gasteiger partial charge in [0.05, 0.1) is 11.6 Å². The van der Waals surface area contributed by atoms with Gasteiger partial charge in [-0.1, -0.05) is 6.92 Å². The van der Waals surface area contributed by atoms with Gasteiger partial charge in [0.15, 0.2) is 5.13 Å². The Bertz CT molecular complexity index is 447. The van der Waals surface area contributed by atoms with Crippen molar-refractivity contribution in [1.82, 2.24) is 9.88 Å². The molecule has 8 heteroatoms. The summed E-state index contributed by atoms with van der Waals surface area (Å²) in [6, 6.07) is -0.0906. The molecule has 0 radical (unpaired) electrons. The molecule has 122 valence electrons. The van der Waals surface area contributed by atoms with Crippen LogP contribution in [0.5, 0.6) is 0 Å². The Morgan fingerprint density at radius 2 is 1.86 bits per heavy atom. The summed E-state index contributed by atoms with van der Waals surface area (Å²) >= 11 is 1.67. The molecule has 2 heterocycles. The van der Waals surface area contributed by atoms with Crippen LogP contribution in [0.2, 0.25) is 0 Å². The summed E-state index contributed by atoms with van der Waals surface area (Å²) in [5.41, 5.74) is 6.86. The van der Waals surface area contributed by atoms with Crippen LogP contribution in [-0.2, 0) is 4.79 Å². The van der Waals surface area contributed by atoms with Gasteiger partial charge in [-0.15, -0.1) is 36.2 Å². The van der Waals surface area contributed by atoms with Crippen LogP contribution in [0.3, 0.4) is 0 Å². The lowest BCUT2D eigenvalue weighted by Gasteiger charge is -2.36. The number of halogens is 2. The van der Waals surface area contributed by atoms with Gasteiger partial charge in [-0.3, -0.25) is 4.79 Å². The zero-order valence-corrected chi connectivity index (χ0v) is 15.1. The molecular formula is C13H24Cl2N4OS. The number of aromatic nitrogens is 1. The number of hydrogen-bond acceptors (Lipinski definition) is 5. The number of nitrogens with zero attached hydrogens (tertiary/aromatic N) is 3. The summed E-state index contributed by atoms with van der Waals surface area (Å²) in [5.74, 6) is 0.0682. The van der Waals surface area contributed by atoms with Gasteiger partial charge in [-0.25, -0.2) is 4.98 Å². The van der Waals surface area contributed by atoms with Crippen molar-refractivity contribution in [2.24, 2.45) is 11.7 Å². The molecule has 1 aromatic heterocycles. The maximum atomic E-state index is 12.2. The minimum Gasteiger partial charge on any atom is -0.345 e. The molecule has 21 heavy (non-hydrogen) atoms. The van der Waals surface area contributed by atoms with E-state index in [2.05, 4.69) is 15.3 Å². The zero-order valence-electron chi connectivity index (χ0n) is 12.6. The van der Waals surface area contributed by atoms with Gasteiger partial charge < -0.3 is 15.5 Å². The van der Waals surface area contributed by atoms with Gasteiger partial charge in [-0.05, 0) is 13.8 Å². The van der Waals surface area contributed by atoms with Crippen molar-refractivity contribution in [3.05, 3.63) is 11.1 Å². The van der Waals surface area contributed by atoms with Crippen LogP contribution in [0.1, 0.15) is 19.5 Å². The zero-order chi connectivity index (χ0) is 14.0. The van der Waals surface area contributed by atoms with Crippen molar-refractivity contribution in [1.29, 1.82) is 0 Å². The van der Waals surface area contributed by atoms with Crippen molar-refractivity contribution in [3.8, 4) is 0 Å². The highest BCUT2D eigenvalue weighted by atomic mass is 35.5. The molecule has 1 saturated heterocycles. The topological polar surface area (TPSA) is 62.5 Å². The van der Waals surface area contributed by atoms with Gasteiger partial charge in [0.25, 0.3) is 0 Å². The molecule has 1 aliphatic rings. The second kappa shape index (κ2) is 8.78. The molecule has 0 aromatic carbocycles. The second-order valence-corrected chi connectivity index (χ2v) is 6.07. The van der Waals surface area contributed by atoms with Crippen LogP contribution < -0.4 is 10.6 Å². The number of carbonyl (C=O) groups is 1. The molecule has 0 aliphatic carbocycles. The van der Waals surface area contributed by atoms with Crippen molar-refractivity contribution in [2.75, 3.05) is 31.1 Å².